The summed E-state index contributed by atoms with van der Waals surface area (Å²) in [6.07, 6.45) is 7.13. The van der Waals surface area contributed by atoms with E-state index >= 15 is 0 Å². The summed E-state index contributed by atoms with van der Waals surface area (Å²) in [5.74, 6) is 3.27. The van der Waals surface area contributed by atoms with Crippen molar-refractivity contribution in [3.63, 3.8) is 0 Å². The predicted octanol–water partition coefficient (Wildman–Crippen LogP) is 1.78. The molecule has 4 heterocycles. The van der Waals surface area contributed by atoms with Crippen molar-refractivity contribution < 1.29 is 0 Å². The van der Waals surface area contributed by atoms with Crippen molar-refractivity contribution in [2.24, 2.45) is 7.05 Å². The van der Waals surface area contributed by atoms with E-state index in [2.05, 4.69) is 34.7 Å². The maximum atomic E-state index is 4.77. The van der Waals surface area contributed by atoms with Gasteiger partial charge < -0.3 is 9.47 Å². The highest BCUT2D eigenvalue weighted by molar-refractivity contribution is 5.75. The molecule has 1 aromatic carbocycles. The highest BCUT2D eigenvalue weighted by atomic mass is 15.4. The second kappa shape index (κ2) is 6.99. The molecule has 142 valence electrons. The molecule has 0 atom stereocenters. The average molecular weight is 375 g/mol. The van der Waals surface area contributed by atoms with Gasteiger partial charge in [0.25, 0.3) is 0 Å². The van der Waals surface area contributed by atoms with Gasteiger partial charge in [-0.25, -0.2) is 14.6 Å². The third-order valence-electron chi connectivity index (χ3n) is 5.39. The Labute approximate surface area is 162 Å². The van der Waals surface area contributed by atoms with Crippen LogP contribution in [0.3, 0.4) is 0 Å². The summed E-state index contributed by atoms with van der Waals surface area (Å²) in [5.41, 5.74) is 1.87. The molecule has 9 heteroatoms. The number of nitrogens with zero attached hydrogens (tertiary/aromatic N) is 9. The topological polar surface area (TPSA) is 90.4 Å². The number of fused-ring (bicyclic) bond motifs is 1. The number of para-hydroxylation sites is 2. The fourth-order valence-electron chi connectivity index (χ4n) is 3.79. The molecule has 4 aromatic rings. The van der Waals surface area contributed by atoms with Crippen molar-refractivity contribution in [3.8, 4) is 0 Å². The number of hydrogen-bond acceptors (Lipinski definition) is 7. The van der Waals surface area contributed by atoms with Gasteiger partial charge in [-0.1, -0.05) is 12.1 Å². The molecule has 0 unspecified atom stereocenters. The Bertz CT molecular complexity index is 1080. The fourth-order valence-corrected chi connectivity index (χ4v) is 3.79. The SMILES string of the molecule is Cn1c(Cn2cncn2)nnc1C1CCN(c2cnc3ccccc3n2)CC1. The monoisotopic (exact) mass is 375 g/mol. The highest BCUT2D eigenvalue weighted by Crippen LogP contribution is 2.29. The fraction of sp³-hybridized carbons (Fsp3) is 0.368. The Kier molecular flexibility index (Phi) is 4.19. The van der Waals surface area contributed by atoms with Crippen LogP contribution in [0.1, 0.15) is 30.4 Å². The van der Waals surface area contributed by atoms with Crippen molar-refractivity contribution in [1.82, 2.24) is 39.5 Å². The van der Waals surface area contributed by atoms with Crippen molar-refractivity contribution >= 4 is 16.9 Å². The number of piperidine rings is 1. The van der Waals surface area contributed by atoms with Gasteiger partial charge >= 0.3 is 0 Å². The predicted molar refractivity (Wildman–Crippen MR) is 104 cm³/mol. The molecule has 1 aliphatic heterocycles. The van der Waals surface area contributed by atoms with Gasteiger partial charge in [-0.05, 0) is 25.0 Å². The molecular weight excluding hydrogens is 354 g/mol. The molecule has 0 saturated carbocycles. The summed E-state index contributed by atoms with van der Waals surface area (Å²) in [6, 6.07) is 7.98. The number of aromatic nitrogens is 8. The lowest BCUT2D eigenvalue weighted by Gasteiger charge is -2.32. The molecule has 28 heavy (non-hydrogen) atoms. The largest absolute Gasteiger partial charge is 0.355 e. The van der Waals surface area contributed by atoms with E-state index < -0.39 is 0 Å². The molecular formula is C19H21N9. The Morgan fingerprint density at radius 1 is 1.07 bits per heavy atom. The highest BCUT2D eigenvalue weighted by Gasteiger charge is 2.26. The van der Waals surface area contributed by atoms with Crippen molar-refractivity contribution in [2.75, 3.05) is 18.0 Å². The average Bonchev–Trinajstić information content (AvgIpc) is 3.38. The summed E-state index contributed by atoms with van der Waals surface area (Å²) >= 11 is 0. The Balaban J connectivity index is 1.28. The van der Waals surface area contributed by atoms with Crippen LogP contribution in [0, 0.1) is 0 Å². The van der Waals surface area contributed by atoms with E-state index in [4.69, 9.17) is 4.98 Å². The van der Waals surface area contributed by atoms with Gasteiger partial charge in [-0.3, -0.25) is 4.98 Å². The van der Waals surface area contributed by atoms with Gasteiger partial charge in [-0.15, -0.1) is 10.2 Å². The van der Waals surface area contributed by atoms with E-state index in [1.807, 2.05) is 37.5 Å². The Hall–Kier alpha value is -3.36. The summed E-state index contributed by atoms with van der Waals surface area (Å²) in [4.78, 5) is 15.6. The first-order valence-corrected chi connectivity index (χ1v) is 9.45. The second-order valence-corrected chi connectivity index (χ2v) is 7.10. The minimum Gasteiger partial charge on any atom is -0.355 e. The van der Waals surface area contributed by atoms with E-state index in [1.54, 1.807) is 11.0 Å². The zero-order chi connectivity index (χ0) is 18.9. The van der Waals surface area contributed by atoms with Crippen LogP contribution in [0.4, 0.5) is 5.82 Å². The molecule has 3 aromatic heterocycles. The van der Waals surface area contributed by atoms with E-state index in [1.165, 1.54) is 6.33 Å². The summed E-state index contributed by atoms with van der Waals surface area (Å²) in [5, 5.41) is 13.0. The van der Waals surface area contributed by atoms with Crippen LogP contribution in [0.2, 0.25) is 0 Å². The first-order valence-electron chi connectivity index (χ1n) is 9.45. The first-order chi connectivity index (χ1) is 13.8. The lowest BCUT2D eigenvalue weighted by Crippen LogP contribution is -2.34. The van der Waals surface area contributed by atoms with E-state index in [9.17, 15) is 0 Å². The van der Waals surface area contributed by atoms with E-state index in [-0.39, 0.29) is 0 Å². The molecule has 0 N–H and O–H groups in total. The third kappa shape index (κ3) is 3.08. The summed E-state index contributed by atoms with van der Waals surface area (Å²) in [7, 11) is 2.03. The molecule has 0 bridgehead atoms. The van der Waals surface area contributed by atoms with Gasteiger partial charge in [0, 0.05) is 26.1 Å². The van der Waals surface area contributed by atoms with Crippen LogP contribution in [0.25, 0.3) is 11.0 Å². The Morgan fingerprint density at radius 2 is 1.89 bits per heavy atom. The molecule has 0 aliphatic carbocycles. The van der Waals surface area contributed by atoms with Crippen molar-refractivity contribution in [3.05, 3.63) is 54.8 Å². The standard InChI is InChI=1S/C19H21N9/c1-26-18(11-28-13-20-12-22-28)24-25-19(26)14-6-8-27(9-7-14)17-10-21-15-4-2-3-5-16(15)23-17/h2-5,10,12-14H,6-9,11H2,1H3. The zero-order valence-corrected chi connectivity index (χ0v) is 15.7. The molecule has 9 nitrogen and oxygen atoms in total. The molecule has 5 rings (SSSR count). The van der Waals surface area contributed by atoms with Crippen molar-refractivity contribution in [1.29, 1.82) is 0 Å². The molecule has 0 amide bonds. The lowest BCUT2D eigenvalue weighted by atomic mass is 9.96. The maximum Gasteiger partial charge on any atom is 0.154 e. The van der Waals surface area contributed by atoms with Crippen LogP contribution in [-0.4, -0.2) is 52.6 Å². The minimum atomic E-state index is 0.395. The molecule has 0 radical (unpaired) electrons. The smallest absolute Gasteiger partial charge is 0.154 e. The summed E-state index contributed by atoms with van der Waals surface area (Å²) in [6.45, 7) is 2.45. The van der Waals surface area contributed by atoms with Gasteiger partial charge in [0.15, 0.2) is 5.82 Å². The van der Waals surface area contributed by atoms with Crippen LogP contribution in [0.5, 0.6) is 0 Å². The molecule has 1 aliphatic rings. The van der Waals surface area contributed by atoms with Crippen molar-refractivity contribution in [2.45, 2.75) is 25.3 Å². The summed E-state index contributed by atoms with van der Waals surface area (Å²) < 4.78 is 3.85. The van der Waals surface area contributed by atoms with Gasteiger partial charge in [0.05, 0.1) is 17.2 Å². The van der Waals surface area contributed by atoms with Crippen LogP contribution in [0.15, 0.2) is 43.1 Å². The van der Waals surface area contributed by atoms with E-state index in [0.29, 0.717) is 12.5 Å². The van der Waals surface area contributed by atoms with Crippen LogP contribution < -0.4 is 4.90 Å². The van der Waals surface area contributed by atoms with Crippen LogP contribution in [-0.2, 0) is 13.6 Å². The number of benzene rings is 1. The Morgan fingerprint density at radius 3 is 2.68 bits per heavy atom. The molecule has 1 saturated heterocycles. The molecule has 0 spiro atoms. The number of rotatable bonds is 4. The zero-order valence-electron chi connectivity index (χ0n) is 15.7. The number of anilines is 1. The quantitative estimate of drug-likeness (QED) is 0.537. The van der Waals surface area contributed by atoms with Crippen LogP contribution >= 0.6 is 0 Å². The molecule has 1 fully saturated rings. The minimum absolute atomic E-state index is 0.395. The third-order valence-corrected chi connectivity index (χ3v) is 5.39. The second-order valence-electron chi connectivity index (χ2n) is 7.10. The van der Waals surface area contributed by atoms with E-state index in [0.717, 1.165) is 54.4 Å². The number of hydrogen-bond donors (Lipinski definition) is 0. The first kappa shape index (κ1) is 16.8. The van der Waals surface area contributed by atoms with Gasteiger partial charge in [-0.2, -0.15) is 5.10 Å². The maximum absolute atomic E-state index is 4.77. The normalized spacial score (nSPS) is 15.4. The van der Waals surface area contributed by atoms with Gasteiger partial charge in [0.1, 0.15) is 30.8 Å². The van der Waals surface area contributed by atoms with Gasteiger partial charge in [0.2, 0.25) is 0 Å². The lowest BCUT2D eigenvalue weighted by molar-refractivity contribution is 0.469.